The fourth-order valence-corrected chi connectivity index (χ4v) is 5.83. The molecular formula is C24H26N2O4S. The van der Waals surface area contributed by atoms with Gasteiger partial charge in [-0.05, 0) is 62.8 Å². The molecular weight excluding hydrogens is 412 g/mol. The van der Waals surface area contributed by atoms with Gasteiger partial charge in [-0.1, -0.05) is 0 Å². The van der Waals surface area contributed by atoms with Crippen molar-refractivity contribution in [1.82, 2.24) is 4.57 Å². The van der Waals surface area contributed by atoms with E-state index in [0.717, 1.165) is 48.1 Å². The van der Waals surface area contributed by atoms with Crippen molar-refractivity contribution in [2.45, 2.75) is 51.1 Å². The minimum absolute atomic E-state index is 0.0774. The molecule has 2 aromatic heterocycles. The smallest absolute Gasteiger partial charge is 0.343 e. The van der Waals surface area contributed by atoms with E-state index in [1.807, 2.05) is 16.7 Å². The van der Waals surface area contributed by atoms with Gasteiger partial charge in [0.25, 0.3) is 0 Å². The molecule has 0 amide bonds. The summed E-state index contributed by atoms with van der Waals surface area (Å²) in [5.74, 6) is 0.0934. The summed E-state index contributed by atoms with van der Waals surface area (Å²) in [5, 5.41) is 0.482. The Kier molecular flexibility index (Phi) is 5.10. The van der Waals surface area contributed by atoms with Crippen molar-refractivity contribution < 1.29 is 14.3 Å². The monoisotopic (exact) mass is 438 g/mol. The van der Waals surface area contributed by atoms with Gasteiger partial charge in [0.05, 0.1) is 24.6 Å². The molecule has 0 spiro atoms. The van der Waals surface area contributed by atoms with Gasteiger partial charge in [-0.25, -0.2) is 4.79 Å². The number of ether oxygens (including phenoxy) is 2. The fraction of sp³-hybridized carbons (Fsp3) is 0.417. The van der Waals surface area contributed by atoms with Crippen molar-refractivity contribution in [2.24, 2.45) is 5.73 Å². The molecule has 3 aromatic rings. The zero-order chi connectivity index (χ0) is 21.7. The van der Waals surface area contributed by atoms with E-state index in [2.05, 4.69) is 6.07 Å². The van der Waals surface area contributed by atoms with Gasteiger partial charge in [0.1, 0.15) is 5.56 Å². The van der Waals surface area contributed by atoms with Gasteiger partial charge in [0.15, 0.2) is 5.75 Å². The Morgan fingerprint density at radius 2 is 2.10 bits per heavy atom. The second kappa shape index (κ2) is 7.80. The maximum absolute atomic E-state index is 13.2. The van der Waals surface area contributed by atoms with Crippen LogP contribution in [0.1, 0.15) is 65.5 Å². The van der Waals surface area contributed by atoms with Crippen molar-refractivity contribution >= 4 is 28.2 Å². The summed E-state index contributed by atoms with van der Waals surface area (Å²) in [6.45, 7) is 1.97. The molecule has 0 radical (unpaired) electrons. The first-order chi connectivity index (χ1) is 15.0. The van der Waals surface area contributed by atoms with Crippen LogP contribution in [-0.4, -0.2) is 24.3 Å². The third-order valence-corrected chi connectivity index (χ3v) is 7.46. The number of carbonyl (C=O) groups is 1. The van der Waals surface area contributed by atoms with Crippen LogP contribution in [0.5, 0.6) is 5.75 Å². The van der Waals surface area contributed by atoms with E-state index in [1.54, 1.807) is 31.6 Å². The van der Waals surface area contributed by atoms with Crippen LogP contribution in [0.25, 0.3) is 21.3 Å². The minimum atomic E-state index is -0.577. The first-order valence-corrected chi connectivity index (χ1v) is 11.7. The van der Waals surface area contributed by atoms with Crippen molar-refractivity contribution in [3.8, 4) is 16.2 Å². The normalized spacial score (nSPS) is 18.1. The largest absolute Gasteiger partial charge is 0.494 e. The Bertz CT molecular complexity index is 1240. The molecule has 1 saturated carbocycles. The number of esters is 1. The number of pyridine rings is 1. The predicted octanol–water partition coefficient (Wildman–Crippen LogP) is 4.59. The lowest BCUT2D eigenvalue weighted by Crippen LogP contribution is -2.21. The highest BCUT2D eigenvalue weighted by Crippen LogP contribution is 2.46. The van der Waals surface area contributed by atoms with Gasteiger partial charge in [0.2, 0.25) is 5.43 Å². The Hall–Kier alpha value is -2.64. The van der Waals surface area contributed by atoms with E-state index < -0.39 is 5.97 Å². The number of benzene rings is 1. The third kappa shape index (κ3) is 3.36. The molecule has 1 aromatic carbocycles. The molecule has 0 saturated heterocycles. The standard InChI is InChI=1S/C24H26N2O4S/c1-3-30-24(28)17-12-26(13-7-8-13)21-15(22(17)27)10-9-14(23(21)29-2)20-11-16-18(25)5-4-6-19(16)31-20/h9-13,18H,3-8,25H2,1-2H3. The lowest BCUT2D eigenvalue weighted by Gasteiger charge is -2.17. The van der Waals surface area contributed by atoms with Crippen LogP contribution in [0.4, 0.5) is 0 Å². The molecule has 162 valence electrons. The van der Waals surface area contributed by atoms with Crippen LogP contribution >= 0.6 is 11.3 Å². The van der Waals surface area contributed by atoms with Crippen LogP contribution in [-0.2, 0) is 11.2 Å². The van der Waals surface area contributed by atoms with Gasteiger partial charge in [-0.3, -0.25) is 4.79 Å². The van der Waals surface area contributed by atoms with Crippen molar-refractivity contribution in [3.63, 3.8) is 0 Å². The highest BCUT2D eigenvalue weighted by Gasteiger charge is 2.30. The fourth-order valence-electron chi connectivity index (χ4n) is 4.54. The first-order valence-electron chi connectivity index (χ1n) is 10.8. The highest BCUT2D eigenvalue weighted by molar-refractivity contribution is 7.15. The van der Waals surface area contributed by atoms with Crippen molar-refractivity contribution in [1.29, 1.82) is 0 Å². The second-order valence-electron chi connectivity index (χ2n) is 8.26. The summed E-state index contributed by atoms with van der Waals surface area (Å²) in [5.41, 5.74) is 9.04. The molecule has 1 atom stereocenters. The summed E-state index contributed by atoms with van der Waals surface area (Å²) in [6, 6.07) is 6.26. The van der Waals surface area contributed by atoms with Gasteiger partial charge in [0, 0.05) is 33.6 Å². The zero-order valence-electron chi connectivity index (χ0n) is 17.8. The number of nitrogens with two attached hydrogens (primary N) is 1. The van der Waals surface area contributed by atoms with E-state index in [1.165, 1.54) is 10.4 Å². The molecule has 2 aliphatic rings. The first kappa shape index (κ1) is 20.3. The average Bonchev–Trinajstić information content (AvgIpc) is 3.51. The average molecular weight is 439 g/mol. The number of hydrogen-bond acceptors (Lipinski definition) is 6. The van der Waals surface area contributed by atoms with E-state index >= 15 is 0 Å². The third-order valence-electron chi connectivity index (χ3n) is 6.21. The number of nitrogens with zero attached hydrogens (tertiary/aromatic N) is 1. The summed E-state index contributed by atoms with van der Waals surface area (Å²) < 4.78 is 13.1. The summed E-state index contributed by atoms with van der Waals surface area (Å²) in [6.07, 6.45) is 6.85. The van der Waals surface area contributed by atoms with Crippen LogP contribution < -0.4 is 15.9 Å². The Morgan fingerprint density at radius 1 is 1.29 bits per heavy atom. The van der Waals surface area contributed by atoms with Gasteiger partial charge in [-0.15, -0.1) is 11.3 Å². The Balaban J connectivity index is 1.74. The molecule has 1 unspecified atom stereocenters. The van der Waals surface area contributed by atoms with Gasteiger partial charge >= 0.3 is 5.97 Å². The molecule has 6 nitrogen and oxygen atoms in total. The highest BCUT2D eigenvalue weighted by atomic mass is 32.1. The van der Waals surface area contributed by atoms with Crippen LogP contribution in [0, 0.1) is 0 Å². The molecule has 0 bridgehead atoms. The molecule has 7 heteroatoms. The number of aromatic nitrogens is 1. The van der Waals surface area contributed by atoms with E-state index in [-0.39, 0.29) is 29.7 Å². The van der Waals surface area contributed by atoms with Gasteiger partial charge < -0.3 is 19.8 Å². The number of methoxy groups -OCH3 is 1. The number of hydrogen-bond donors (Lipinski definition) is 1. The SMILES string of the molecule is CCOC(=O)c1cn(C2CC2)c2c(OC)c(-c3cc4c(s3)CCCC4N)ccc2c1=O. The van der Waals surface area contributed by atoms with Crippen LogP contribution in [0.15, 0.2) is 29.2 Å². The van der Waals surface area contributed by atoms with Gasteiger partial charge in [-0.2, -0.15) is 0 Å². The summed E-state index contributed by atoms with van der Waals surface area (Å²) in [4.78, 5) is 28.0. The second-order valence-corrected chi connectivity index (χ2v) is 9.40. The minimum Gasteiger partial charge on any atom is -0.494 e. The van der Waals surface area contributed by atoms with E-state index in [4.69, 9.17) is 15.2 Å². The zero-order valence-corrected chi connectivity index (χ0v) is 18.6. The van der Waals surface area contributed by atoms with Crippen LogP contribution in [0.3, 0.4) is 0 Å². The van der Waals surface area contributed by atoms with E-state index in [0.29, 0.717) is 11.1 Å². The van der Waals surface area contributed by atoms with E-state index in [9.17, 15) is 9.59 Å². The molecule has 2 heterocycles. The number of fused-ring (bicyclic) bond motifs is 2. The topological polar surface area (TPSA) is 83.6 Å². The van der Waals surface area contributed by atoms with Crippen LogP contribution in [0.2, 0.25) is 0 Å². The molecule has 1 fully saturated rings. The lowest BCUT2D eigenvalue weighted by atomic mass is 9.94. The molecule has 5 rings (SSSR count). The lowest BCUT2D eigenvalue weighted by molar-refractivity contribution is 0.0524. The molecule has 2 aliphatic carbocycles. The molecule has 2 N–H and O–H groups in total. The summed E-state index contributed by atoms with van der Waals surface area (Å²) in [7, 11) is 1.64. The van der Waals surface area contributed by atoms with Crippen molar-refractivity contribution in [2.75, 3.05) is 13.7 Å². The van der Waals surface area contributed by atoms with Crippen molar-refractivity contribution in [3.05, 3.63) is 50.6 Å². The number of carbonyl (C=O) groups excluding carboxylic acids is 1. The molecule has 0 aliphatic heterocycles. The summed E-state index contributed by atoms with van der Waals surface area (Å²) >= 11 is 1.76. The Morgan fingerprint density at radius 3 is 2.77 bits per heavy atom. The number of aryl methyl sites for hydroxylation is 1. The number of thiophene rings is 1. The molecule has 31 heavy (non-hydrogen) atoms. The maximum atomic E-state index is 13.2. The quantitative estimate of drug-likeness (QED) is 0.589. The predicted molar refractivity (Wildman–Crippen MR) is 122 cm³/mol. The Labute approximate surface area is 184 Å². The number of rotatable bonds is 5. The maximum Gasteiger partial charge on any atom is 0.343 e.